The van der Waals surface area contributed by atoms with Gasteiger partial charge in [0.1, 0.15) is 6.17 Å². The van der Waals surface area contributed by atoms with Crippen molar-refractivity contribution in [2.24, 2.45) is 0 Å². The minimum Gasteiger partial charge on any atom is -0.392 e. The summed E-state index contributed by atoms with van der Waals surface area (Å²) in [4.78, 5) is 0. The van der Waals surface area contributed by atoms with Gasteiger partial charge in [0, 0.05) is 0 Å². The van der Waals surface area contributed by atoms with Gasteiger partial charge in [-0.2, -0.15) is 0 Å². The molecule has 1 N–H and O–H groups in total. The van der Waals surface area contributed by atoms with E-state index in [9.17, 15) is 4.39 Å². The Bertz CT molecular complexity index is 307. The van der Waals surface area contributed by atoms with Crippen LogP contribution in [-0.2, 0) is 6.61 Å². The molecule has 1 fully saturated rings. The Hall–Kier alpha value is -0.890. The molecule has 2 unspecified atom stereocenters. The van der Waals surface area contributed by atoms with Crippen LogP contribution >= 0.6 is 0 Å². The maximum absolute atomic E-state index is 13.2. The number of hydrogen-bond donors (Lipinski definition) is 1. The Morgan fingerprint density at radius 2 is 1.93 bits per heavy atom. The number of benzene rings is 1. The van der Waals surface area contributed by atoms with Gasteiger partial charge >= 0.3 is 0 Å². The molecular weight excluding hydrogens is 191 g/mol. The highest BCUT2D eigenvalue weighted by Crippen LogP contribution is 2.34. The molecule has 2 rings (SSSR count). The van der Waals surface area contributed by atoms with Crippen LogP contribution in [0.3, 0.4) is 0 Å². The fourth-order valence-electron chi connectivity index (χ4n) is 2.33. The molecule has 0 aliphatic heterocycles. The zero-order valence-electron chi connectivity index (χ0n) is 8.82. The molecule has 1 aliphatic rings. The van der Waals surface area contributed by atoms with Gasteiger partial charge in [-0.05, 0) is 42.7 Å². The lowest BCUT2D eigenvalue weighted by atomic mass is 9.83. The van der Waals surface area contributed by atoms with E-state index in [-0.39, 0.29) is 6.61 Å². The first-order valence-electron chi connectivity index (χ1n) is 5.63. The van der Waals surface area contributed by atoms with Crippen LogP contribution in [0.15, 0.2) is 24.3 Å². The zero-order valence-corrected chi connectivity index (χ0v) is 8.82. The Kier molecular flexibility index (Phi) is 3.37. The molecule has 0 spiro atoms. The van der Waals surface area contributed by atoms with Crippen molar-refractivity contribution in [2.75, 3.05) is 0 Å². The Morgan fingerprint density at radius 1 is 1.20 bits per heavy atom. The van der Waals surface area contributed by atoms with Crippen LogP contribution in [0.25, 0.3) is 0 Å². The van der Waals surface area contributed by atoms with E-state index in [0.29, 0.717) is 12.3 Å². The van der Waals surface area contributed by atoms with Crippen molar-refractivity contribution in [1.29, 1.82) is 0 Å². The van der Waals surface area contributed by atoms with Gasteiger partial charge in [0.05, 0.1) is 6.61 Å². The van der Waals surface area contributed by atoms with Crippen LogP contribution in [-0.4, -0.2) is 11.3 Å². The molecule has 2 heteroatoms. The van der Waals surface area contributed by atoms with Crippen molar-refractivity contribution in [2.45, 2.75) is 44.4 Å². The predicted molar refractivity (Wildman–Crippen MR) is 58.5 cm³/mol. The first kappa shape index (κ1) is 10.6. The van der Waals surface area contributed by atoms with E-state index >= 15 is 0 Å². The van der Waals surface area contributed by atoms with Crippen molar-refractivity contribution in [1.82, 2.24) is 0 Å². The molecule has 1 saturated carbocycles. The van der Waals surface area contributed by atoms with E-state index in [0.717, 1.165) is 24.8 Å². The average molecular weight is 208 g/mol. The van der Waals surface area contributed by atoms with Crippen molar-refractivity contribution < 1.29 is 9.50 Å². The zero-order chi connectivity index (χ0) is 10.7. The fraction of sp³-hybridized carbons (Fsp3) is 0.538. The first-order valence-corrected chi connectivity index (χ1v) is 5.63. The Balaban J connectivity index is 2.07. The van der Waals surface area contributed by atoms with Gasteiger partial charge < -0.3 is 5.11 Å². The molecule has 0 bridgehead atoms. The Morgan fingerprint density at radius 3 is 2.53 bits per heavy atom. The topological polar surface area (TPSA) is 20.2 Å². The van der Waals surface area contributed by atoms with Gasteiger partial charge in [0.25, 0.3) is 0 Å². The standard InChI is InChI=1S/C13H17FO/c14-13-3-1-2-12(8-13)11-6-4-10(9-15)5-7-11/h4-7,12-13,15H,1-3,8-9H2. The number of halogens is 1. The summed E-state index contributed by atoms with van der Waals surface area (Å²) >= 11 is 0. The van der Waals surface area contributed by atoms with Gasteiger partial charge in [0.15, 0.2) is 0 Å². The van der Waals surface area contributed by atoms with Gasteiger partial charge in [0.2, 0.25) is 0 Å². The Labute approximate surface area is 89.9 Å². The summed E-state index contributed by atoms with van der Waals surface area (Å²) in [5.41, 5.74) is 2.14. The molecular formula is C13H17FO. The van der Waals surface area contributed by atoms with E-state index in [2.05, 4.69) is 0 Å². The monoisotopic (exact) mass is 208 g/mol. The molecule has 1 aromatic carbocycles. The summed E-state index contributed by atoms with van der Waals surface area (Å²) in [6, 6.07) is 7.90. The highest BCUT2D eigenvalue weighted by Gasteiger charge is 2.22. The third-order valence-corrected chi connectivity index (χ3v) is 3.24. The second-order valence-corrected chi connectivity index (χ2v) is 4.36. The number of aliphatic hydroxyl groups excluding tert-OH is 1. The molecule has 1 aromatic rings. The molecule has 1 nitrogen and oxygen atoms in total. The van der Waals surface area contributed by atoms with Crippen LogP contribution in [0.4, 0.5) is 4.39 Å². The van der Waals surface area contributed by atoms with Crippen LogP contribution in [0.5, 0.6) is 0 Å². The fourth-order valence-corrected chi connectivity index (χ4v) is 2.33. The quantitative estimate of drug-likeness (QED) is 0.791. The molecule has 82 valence electrons. The van der Waals surface area contributed by atoms with Crippen molar-refractivity contribution in [3.8, 4) is 0 Å². The average Bonchev–Trinajstić information content (AvgIpc) is 2.29. The van der Waals surface area contributed by atoms with Crippen LogP contribution in [0, 0.1) is 0 Å². The minimum atomic E-state index is -0.624. The van der Waals surface area contributed by atoms with Crippen LogP contribution < -0.4 is 0 Å². The third kappa shape index (κ3) is 2.57. The van der Waals surface area contributed by atoms with Crippen molar-refractivity contribution in [3.63, 3.8) is 0 Å². The molecule has 0 amide bonds. The molecule has 0 radical (unpaired) electrons. The molecule has 15 heavy (non-hydrogen) atoms. The summed E-state index contributed by atoms with van der Waals surface area (Å²) < 4.78 is 13.2. The van der Waals surface area contributed by atoms with Gasteiger partial charge in [-0.15, -0.1) is 0 Å². The first-order chi connectivity index (χ1) is 7.29. The van der Waals surface area contributed by atoms with Crippen molar-refractivity contribution >= 4 is 0 Å². The van der Waals surface area contributed by atoms with E-state index in [1.54, 1.807) is 0 Å². The van der Waals surface area contributed by atoms with Crippen LogP contribution in [0.1, 0.15) is 42.7 Å². The smallest absolute Gasteiger partial charge is 0.101 e. The van der Waals surface area contributed by atoms with E-state index in [1.165, 1.54) is 5.56 Å². The third-order valence-electron chi connectivity index (χ3n) is 3.24. The minimum absolute atomic E-state index is 0.0800. The summed E-state index contributed by atoms with van der Waals surface area (Å²) in [7, 11) is 0. The lowest BCUT2D eigenvalue weighted by Crippen LogP contribution is -2.14. The van der Waals surface area contributed by atoms with Crippen LogP contribution in [0.2, 0.25) is 0 Å². The number of alkyl halides is 1. The molecule has 1 aliphatic carbocycles. The lowest BCUT2D eigenvalue weighted by Gasteiger charge is -2.24. The number of rotatable bonds is 2. The normalized spacial score (nSPS) is 26.5. The maximum Gasteiger partial charge on any atom is 0.101 e. The maximum atomic E-state index is 13.2. The van der Waals surface area contributed by atoms with Crippen molar-refractivity contribution in [3.05, 3.63) is 35.4 Å². The molecule has 2 atom stereocenters. The molecule has 0 saturated heterocycles. The van der Waals surface area contributed by atoms with E-state index in [4.69, 9.17) is 5.11 Å². The lowest BCUT2D eigenvalue weighted by molar-refractivity contribution is 0.231. The second kappa shape index (κ2) is 4.75. The number of aliphatic hydroxyl groups is 1. The summed E-state index contributed by atoms with van der Waals surface area (Å²) in [6.45, 7) is 0.0800. The van der Waals surface area contributed by atoms with E-state index < -0.39 is 6.17 Å². The highest BCUT2D eigenvalue weighted by atomic mass is 19.1. The summed E-state index contributed by atoms with van der Waals surface area (Å²) in [5.74, 6) is 0.376. The van der Waals surface area contributed by atoms with Gasteiger partial charge in [-0.25, -0.2) is 4.39 Å². The predicted octanol–water partition coefficient (Wildman–Crippen LogP) is 3.17. The van der Waals surface area contributed by atoms with Gasteiger partial charge in [-0.3, -0.25) is 0 Å². The number of hydrogen-bond acceptors (Lipinski definition) is 1. The summed E-state index contributed by atoms with van der Waals surface area (Å²) in [5, 5.41) is 8.92. The molecule has 0 aromatic heterocycles. The highest BCUT2D eigenvalue weighted by molar-refractivity contribution is 5.25. The second-order valence-electron chi connectivity index (χ2n) is 4.36. The summed E-state index contributed by atoms with van der Waals surface area (Å²) in [6.07, 6.45) is 2.86. The van der Waals surface area contributed by atoms with E-state index in [1.807, 2.05) is 24.3 Å². The largest absolute Gasteiger partial charge is 0.392 e. The SMILES string of the molecule is OCc1ccc(C2CCCC(F)C2)cc1. The molecule has 0 heterocycles. The van der Waals surface area contributed by atoms with Gasteiger partial charge in [-0.1, -0.05) is 24.3 Å².